The molecule has 1 spiro atoms. The molecule has 1 unspecified atom stereocenters. The number of hydrogen-bond acceptors (Lipinski definition) is 3. The molecule has 1 aromatic heterocycles. The molecule has 20 heavy (non-hydrogen) atoms. The van der Waals surface area contributed by atoms with Gasteiger partial charge in [0.15, 0.2) is 0 Å². The fourth-order valence-corrected chi connectivity index (χ4v) is 3.32. The molecule has 2 aliphatic rings. The van der Waals surface area contributed by atoms with Gasteiger partial charge in [-0.3, -0.25) is 9.59 Å². The number of nitrogens with one attached hydrogen (secondary N) is 1. The Bertz CT molecular complexity index is 543. The highest BCUT2D eigenvalue weighted by molar-refractivity contribution is 5.98. The maximum Gasteiger partial charge on any atom is 0.249 e. The Kier molecular flexibility index (Phi) is 3.07. The molecule has 1 aromatic rings. The molecule has 0 aromatic carbocycles. The maximum absolute atomic E-state index is 12.8. The van der Waals surface area contributed by atoms with E-state index in [0.717, 1.165) is 37.2 Å². The lowest BCUT2D eigenvalue weighted by atomic mass is 9.92. The van der Waals surface area contributed by atoms with E-state index >= 15 is 0 Å². The topological polar surface area (TPSA) is 62.6 Å². The lowest BCUT2D eigenvalue weighted by molar-refractivity contribution is -0.152. The van der Waals surface area contributed by atoms with Crippen molar-refractivity contribution in [2.24, 2.45) is 0 Å². The van der Waals surface area contributed by atoms with E-state index in [2.05, 4.69) is 5.32 Å². The predicted octanol–water partition coefficient (Wildman–Crippen LogP) is 1.92. The molecule has 1 N–H and O–H groups in total. The minimum atomic E-state index is -0.661. The third kappa shape index (κ3) is 2.01. The van der Waals surface area contributed by atoms with Crippen molar-refractivity contribution >= 4 is 11.8 Å². The summed E-state index contributed by atoms with van der Waals surface area (Å²) in [5, 5.41) is 2.92. The van der Waals surface area contributed by atoms with E-state index in [1.807, 2.05) is 26.0 Å². The smallest absolute Gasteiger partial charge is 0.249 e. The highest BCUT2D eigenvalue weighted by atomic mass is 16.3. The van der Waals surface area contributed by atoms with Gasteiger partial charge in [-0.15, -0.1) is 0 Å². The number of hydrogen-bond donors (Lipinski definition) is 1. The molecule has 0 radical (unpaired) electrons. The normalized spacial score (nSPS) is 23.2. The van der Waals surface area contributed by atoms with Crippen molar-refractivity contribution < 1.29 is 14.0 Å². The van der Waals surface area contributed by atoms with Crippen LogP contribution in [0.4, 0.5) is 0 Å². The summed E-state index contributed by atoms with van der Waals surface area (Å²) >= 11 is 0. The SMILES string of the molecule is Cc1ccc(C(C)N2CC(=O)NC3(CCCC3)C2=O)o1. The second-order valence-electron chi connectivity index (χ2n) is 5.89. The largest absolute Gasteiger partial charge is 0.464 e. The second kappa shape index (κ2) is 4.65. The zero-order chi connectivity index (χ0) is 14.3. The monoisotopic (exact) mass is 276 g/mol. The minimum Gasteiger partial charge on any atom is -0.464 e. The van der Waals surface area contributed by atoms with Crippen LogP contribution in [0, 0.1) is 6.92 Å². The van der Waals surface area contributed by atoms with Crippen LogP contribution in [-0.4, -0.2) is 28.8 Å². The van der Waals surface area contributed by atoms with E-state index in [1.54, 1.807) is 4.90 Å². The van der Waals surface area contributed by atoms with Crippen LogP contribution in [0.3, 0.4) is 0 Å². The van der Waals surface area contributed by atoms with Gasteiger partial charge in [-0.1, -0.05) is 12.8 Å². The first-order valence-electron chi connectivity index (χ1n) is 7.20. The summed E-state index contributed by atoms with van der Waals surface area (Å²) in [6.45, 7) is 3.90. The molecule has 2 fully saturated rings. The molecule has 108 valence electrons. The molecule has 3 rings (SSSR count). The van der Waals surface area contributed by atoms with Crippen molar-refractivity contribution in [3.8, 4) is 0 Å². The van der Waals surface area contributed by atoms with Crippen LogP contribution in [0.5, 0.6) is 0 Å². The van der Waals surface area contributed by atoms with Gasteiger partial charge in [0.2, 0.25) is 11.8 Å². The molecule has 1 saturated carbocycles. The van der Waals surface area contributed by atoms with Gasteiger partial charge in [-0.2, -0.15) is 0 Å². The van der Waals surface area contributed by atoms with E-state index in [9.17, 15) is 9.59 Å². The summed E-state index contributed by atoms with van der Waals surface area (Å²) in [4.78, 5) is 26.4. The molecule has 5 heteroatoms. The first kappa shape index (κ1) is 13.2. The average molecular weight is 276 g/mol. The van der Waals surface area contributed by atoms with E-state index in [4.69, 9.17) is 4.42 Å². The zero-order valence-corrected chi connectivity index (χ0v) is 11.9. The molecular formula is C15H20N2O3. The number of aryl methyl sites for hydroxylation is 1. The first-order chi connectivity index (χ1) is 9.52. The van der Waals surface area contributed by atoms with Crippen molar-refractivity contribution in [2.45, 2.75) is 51.1 Å². The highest BCUT2D eigenvalue weighted by Gasteiger charge is 2.49. The molecule has 1 aliphatic carbocycles. The molecule has 2 amide bonds. The Morgan fingerprint density at radius 3 is 2.60 bits per heavy atom. The zero-order valence-electron chi connectivity index (χ0n) is 11.9. The van der Waals surface area contributed by atoms with Gasteiger partial charge in [0.1, 0.15) is 23.6 Å². The molecule has 1 atom stereocenters. The Hall–Kier alpha value is -1.78. The highest BCUT2D eigenvalue weighted by Crippen LogP contribution is 2.36. The Labute approximate surface area is 118 Å². The maximum atomic E-state index is 12.8. The summed E-state index contributed by atoms with van der Waals surface area (Å²) in [7, 11) is 0. The molecule has 1 aliphatic heterocycles. The van der Waals surface area contributed by atoms with Crippen LogP contribution in [0.15, 0.2) is 16.5 Å². The van der Waals surface area contributed by atoms with E-state index in [-0.39, 0.29) is 24.4 Å². The van der Waals surface area contributed by atoms with Crippen molar-refractivity contribution in [2.75, 3.05) is 6.54 Å². The number of rotatable bonds is 2. The number of amides is 2. The van der Waals surface area contributed by atoms with Crippen LogP contribution >= 0.6 is 0 Å². The third-order valence-corrected chi connectivity index (χ3v) is 4.46. The van der Waals surface area contributed by atoms with Crippen molar-refractivity contribution in [3.63, 3.8) is 0 Å². The molecule has 5 nitrogen and oxygen atoms in total. The predicted molar refractivity (Wildman–Crippen MR) is 72.9 cm³/mol. The molecule has 0 bridgehead atoms. The van der Waals surface area contributed by atoms with Gasteiger partial charge in [0.25, 0.3) is 0 Å². The van der Waals surface area contributed by atoms with Crippen molar-refractivity contribution in [3.05, 3.63) is 23.7 Å². The van der Waals surface area contributed by atoms with Crippen molar-refractivity contribution in [1.29, 1.82) is 0 Å². The number of carbonyl (C=O) groups excluding carboxylic acids is 2. The van der Waals surface area contributed by atoms with E-state index in [0.29, 0.717) is 0 Å². The van der Waals surface area contributed by atoms with Gasteiger partial charge in [0, 0.05) is 0 Å². The standard InChI is InChI=1S/C15H20N2O3/c1-10-5-6-12(20-10)11(2)17-9-13(18)16-15(14(17)19)7-3-4-8-15/h5-6,11H,3-4,7-9H2,1-2H3,(H,16,18). The summed E-state index contributed by atoms with van der Waals surface area (Å²) in [5.74, 6) is 1.52. The van der Waals surface area contributed by atoms with Crippen LogP contribution in [0.25, 0.3) is 0 Å². The summed E-state index contributed by atoms with van der Waals surface area (Å²) in [5.41, 5.74) is -0.661. The number of piperazine rings is 1. The van der Waals surface area contributed by atoms with Crippen LogP contribution in [-0.2, 0) is 9.59 Å². The average Bonchev–Trinajstić information content (AvgIpc) is 3.03. The lowest BCUT2D eigenvalue weighted by Crippen LogP contribution is -2.65. The summed E-state index contributed by atoms with van der Waals surface area (Å²) < 4.78 is 5.61. The summed E-state index contributed by atoms with van der Waals surface area (Å²) in [6.07, 6.45) is 3.48. The number of nitrogens with zero attached hydrogens (tertiary/aromatic N) is 1. The van der Waals surface area contributed by atoms with Gasteiger partial charge in [0.05, 0.1) is 6.04 Å². The van der Waals surface area contributed by atoms with Gasteiger partial charge < -0.3 is 14.6 Å². The third-order valence-electron chi connectivity index (χ3n) is 4.46. The quantitative estimate of drug-likeness (QED) is 0.897. The van der Waals surface area contributed by atoms with Gasteiger partial charge in [-0.05, 0) is 38.8 Å². The number of carbonyl (C=O) groups is 2. The summed E-state index contributed by atoms with van der Waals surface area (Å²) in [6, 6.07) is 3.55. The number of furan rings is 1. The molecular weight excluding hydrogens is 256 g/mol. The van der Waals surface area contributed by atoms with Crippen LogP contribution in [0.2, 0.25) is 0 Å². The fraction of sp³-hybridized carbons (Fsp3) is 0.600. The fourth-order valence-electron chi connectivity index (χ4n) is 3.32. The second-order valence-corrected chi connectivity index (χ2v) is 5.89. The van der Waals surface area contributed by atoms with Gasteiger partial charge in [-0.25, -0.2) is 0 Å². The van der Waals surface area contributed by atoms with Crippen LogP contribution < -0.4 is 5.32 Å². The van der Waals surface area contributed by atoms with Gasteiger partial charge >= 0.3 is 0 Å². The Morgan fingerprint density at radius 2 is 2.00 bits per heavy atom. The Balaban J connectivity index is 1.88. The Morgan fingerprint density at radius 1 is 1.30 bits per heavy atom. The van der Waals surface area contributed by atoms with Crippen molar-refractivity contribution in [1.82, 2.24) is 10.2 Å². The minimum absolute atomic E-state index is 0.0381. The first-order valence-corrected chi connectivity index (χ1v) is 7.20. The van der Waals surface area contributed by atoms with Crippen LogP contribution in [0.1, 0.15) is 50.2 Å². The lowest BCUT2D eigenvalue weighted by Gasteiger charge is -2.41. The molecule has 1 saturated heterocycles. The van der Waals surface area contributed by atoms with E-state index in [1.165, 1.54) is 0 Å². The van der Waals surface area contributed by atoms with E-state index < -0.39 is 5.54 Å². The molecule has 2 heterocycles.